The molecule has 1 fully saturated rings. The van der Waals surface area contributed by atoms with Gasteiger partial charge in [0.1, 0.15) is 0 Å². The van der Waals surface area contributed by atoms with E-state index in [4.69, 9.17) is 0 Å². The number of nitrogens with one attached hydrogen (secondary N) is 1. The Hall–Kier alpha value is -2.28. The molecule has 3 rings (SSSR count). The smallest absolute Gasteiger partial charge is 0.324 e. The number of urea groups is 1. The van der Waals surface area contributed by atoms with E-state index in [2.05, 4.69) is 10.3 Å². The molecule has 0 aliphatic carbocycles. The second kappa shape index (κ2) is 6.45. The van der Waals surface area contributed by atoms with E-state index in [-0.39, 0.29) is 17.2 Å². The number of rotatable bonds is 4. The first kappa shape index (κ1) is 15.6. The van der Waals surface area contributed by atoms with Gasteiger partial charge in [-0.1, -0.05) is 30.0 Å². The largest absolute Gasteiger partial charge is 0.336 e. The normalized spacial score (nSPS) is 15.6. The Kier molecular flexibility index (Phi) is 4.38. The number of imide groups is 1. The van der Waals surface area contributed by atoms with E-state index in [1.54, 1.807) is 13.1 Å². The Morgan fingerprint density at radius 1 is 1.39 bits per heavy atom. The summed E-state index contributed by atoms with van der Waals surface area (Å²) in [5.41, 5.74) is 2.16. The highest BCUT2D eigenvalue weighted by atomic mass is 32.2. The number of carbonyl (C=O) groups excluding carboxylic acids is 2. The zero-order chi connectivity index (χ0) is 16.4. The summed E-state index contributed by atoms with van der Waals surface area (Å²) in [7, 11) is 0. The molecule has 1 aliphatic rings. The van der Waals surface area contributed by atoms with Crippen molar-refractivity contribution in [3.63, 3.8) is 0 Å². The number of carbonyl (C=O) groups is 2. The minimum Gasteiger partial charge on any atom is -0.336 e. The van der Waals surface area contributed by atoms with Gasteiger partial charge in [0, 0.05) is 25.5 Å². The molecule has 7 heteroatoms. The highest BCUT2D eigenvalue weighted by Gasteiger charge is 2.30. The third-order valence-corrected chi connectivity index (χ3v) is 4.80. The summed E-state index contributed by atoms with van der Waals surface area (Å²) < 4.78 is 1.97. The van der Waals surface area contributed by atoms with E-state index in [9.17, 15) is 9.59 Å². The van der Waals surface area contributed by atoms with Gasteiger partial charge in [-0.2, -0.15) is 0 Å². The van der Waals surface area contributed by atoms with Crippen LogP contribution in [0, 0.1) is 6.92 Å². The highest BCUT2D eigenvalue weighted by molar-refractivity contribution is 8.00. The van der Waals surface area contributed by atoms with Crippen LogP contribution in [0.25, 0.3) is 5.69 Å². The number of thioether (sulfide) groups is 1. The topological polar surface area (TPSA) is 67.2 Å². The first-order valence-electron chi connectivity index (χ1n) is 7.43. The van der Waals surface area contributed by atoms with Gasteiger partial charge < -0.3 is 5.32 Å². The van der Waals surface area contributed by atoms with Crippen LogP contribution >= 0.6 is 11.8 Å². The number of hydrogen-bond acceptors (Lipinski definition) is 4. The van der Waals surface area contributed by atoms with Gasteiger partial charge >= 0.3 is 6.03 Å². The number of aryl methyl sites for hydroxylation is 1. The fourth-order valence-corrected chi connectivity index (χ4v) is 3.44. The summed E-state index contributed by atoms with van der Waals surface area (Å²) in [5, 5.41) is 3.00. The molecule has 1 N–H and O–H groups in total. The maximum Gasteiger partial charge on any atom is 0.324 e. The van der Waals surface area contributed by atoms with E-state index in [0.29, 0.717) is 13.1 Å². The lowest BCUT2D eigenvalue weighted by Gasteiger charge is -2.18. The first-order valence-corrected chi connectivity index (χ1v) is 8.31. The third-order valence-electron chi connectivity index (χ3n) is 3.73. The Balaban J connectivity index is 1.79. The van der Waals surface area contributed by atoms with E-state index in [0.717, 1.165) is 16.4 Å². The molecule has 0 unspecified atom stereocenters. The summed E-state index contributed by atoms with van der Waals surface area (Å²) in [6, 6.07) is 7.69. The van der Waals surface area contributed by atoms with Gasteiger partial charge in [-0.25, -0.2) is 9.78 Å². The SMILES string of the molecule is Cc1ccccc1-n1ccnc1S[C@@H](C)C(=O)N1CCNC1=O. The molecule has 0 radical (unpaired) electrons. The van der Waals surface area contributed by atoms with Crippen molar-refractivity contribution in [2.24, 2.45) is 0 Å². The molecule has 1 aliphatic heterocycles. The summed E-state index contributed by atoms with van der Waals surface area (Å²) in [6.45, 7) is 4.77. The maximum absolute atomic E-state index is 12.4. The Morgan fingerprint density at radius 2 is 2.17 bits per heavy atom. The number of benzene rings is 1. The molecule has 3 amide bonds. The number of hydrogen-bond donors (Lipinski definition) is 1. The van der Waals surface area contributed by atoms with Crippen LogP contribution in [0.2, 0.25) is 0 Å². The van der Waals surface area contributed by atoms with Gasteiger partial charge in [0.15, 0.2) is 5.16 Å². The molecule has 1 saturated heterocycles. The standard InChI is InChI=1S/C16H18N4O2S/c1-11-5-3-4-6-13(11)19-9-8-18-16(19)23-12(2)14(21)20-10-7-17-15(20)22/h3-6,8-9,12H,7,10H2,1-2H3,(H,17,22)/t12-/m0/s1. The van der Waals surface area contributed by atoms with Crippen LogP contribution in [0.5, 0.6) is 0 Å². The summed E-state index contributed by atoms with van der Waals surface area (Å²) >= 11 is 1.36. The number of amides is 3. The number of nitrogens with zero attached hydrogens (tertiary/aromatic N) is 3. The van der Waals surface area contributed by atoms with Crippen molar-refractivity contribution in [3.8, 4) is 5.69 Å². The second-order valence-corrected chi connectivity index (χ2v) is 6.66. The van der Waals surface area contributed by atoms with Crippen LogP contribution in [0.15, 0.2) is 41.8 Å². The molecule has 0 spiro atoms. The Morgan fingerprint density at radius 3 is 2.87 bits per heavy atom. The van der Waals surface area contributed by atoms with Crippen molar-refractivity contribution in [2.75, 3.05) is 13.1 Å². The predicted molar refractivity (Wildman–Crippen MR) is 88.7 cm³/mol. The molecular weight excluding hydrogens is 312 g/mol. The molecule has 6 nitrogen and oxygen atoms in total. The molecule has 2 aromatic rings. The Bertz CT molecular complexity index is 743. The van der Waals surface area contributed by atoms with Crippen LogP contribution in [-0.2, 0) is 4.79 Å². The predicted octanol–water partition coefficient (Wildman–Crippen LogP) is 2.21. The first-order chi connectivity index (χ1) is 11.1. The van der Waals surface area contributed by atoms with E-state index < -0.39 is 0 Å². The molecule has 120 valence electrons. The van der Waals surface area contributed by atoms with Crippen molar-refractivity contribution in [1.29, 1.82) is 0 Å². The van der Waals surface area contributed by atoms with Gasteiger partial charge in [0.2, 0.25) is 5.91 Å². The van der Waals surface area contributed by atoms with Crippen molar-refractivity contribution in [3.05, 3.63) is 42.2 Å². The van der Waals surface area contributed by atoms with Crippen LogP contribution in [0.4, 0.5) is 4.79 Å². The number of imidazole rings is 1. The molecule has 2 heterocycles. The molecule has 23 heavy (non-hydrogen) atoms. The zero-order valence-electron chi connectivity index (χ0n) is 13.0. The zero-order valence-corrected chi connectivity index (χ0v) is 13.8. The number of para-hydroxylation sites is 1. The van der Waals surface area contributed by atoms with Crippen LogP contribution in [-0.4, -0.2) is 44.7 Å². The Labute approximate surface area is 138 Å². The summed E-state index contributed by atoms with van der Waals surface area (Å²) in [5.74, 6) is -0.190. The minimum atomic E-state index is -0.385. The lowest BCUT2D eigenvalue weighted by Crippen LogP contribution is -2.39. The third kappa shape index (κ3) is 3.10. The van der Waals surface area contributed by atoms with Gasteiger partial charge in [0.25, 0.3) is 0 Å². The average molecular weight is 330 g/mol. The maximum atomic E-state index is 12.4. The molecular formula is C16H18N4O2S. The lowest BCUT2D eigenvalue weighted by molar-refractivity contribution is -0.126. The van der Waals surface area contributed by atoms with Crippen molar-refractivity contribution >= 4 is 23.7 Å². The van der Waals surface area contributed by atoms with Gasteiger partial charge in [-0.05, 0) is 25.5 Å². The summed E-state index contributed by atoms with van der Waals surface area (Å²) in [6.07, 6.45) is 3.60. The second-order valence-electron chi connectivity index (χ2n) is 5.35. The molecule has 0 saturated carbocycles. The fraction of sp³-hybridized carbons (Fsp3) is 0.312. The monoisotopic (exact) mass is 330 g/mol. The molecule has 1 atom stereocenters. The van der Waals surface area contributed by atoms with Crippen molar-refractivity contribution in [1.82, 2.24) is 19.8 Å². The van der Waals surface area contributed by atoms with E-state index in [1.165, 1.54) is 16.7 Å². The highest BCUT2D eigenvalue weighted by Crippen LogP contribution is 2.27. The molecule has 1 aromatic carbocycles. The molecule has 0 bridgehead atoms. The minimum absolute atomic E-state index is 0.190. The number of aromatic nitrogens is 2. The van der Waals surface area contributed by atoms with Gasteiger partial charge in [-0.15, -0.1) is 0 Å². The summed E-state index contributed by atoms with van der Waals surface area (Å²) in [4.78, 5) is 29.6. The van der Waals surface area contributed by atoms with E-state index in [1.807, 2.05) is 42.0 Å². The van der Waals surface area contributed by atoms with Crippen LogP contribution in [0.1, 0.15) is 12.5 Å². The lowest BCUT2D eigenvalue weighted by atomic mass is 10.2. The van der Waals surface area contributed by atoms with Crippen molar-refractivity contribution < 1.29 is 9.59 Å². The average Bonchev–Trinajstić information content (AvgIpc) is 3.16. The van der Waals surface area contributed by atoms with Gasteiger partial charge in [0.05, 0.1) is 10.9 Å². The van der Waals surface area contributed by atoms with Crippen molar-refractivity contribution in [2.45, 2.75) is 24.3 Å². The molecule has 1 aromatic heterocycles. The van der Waals surface area contributed by atoms with E-state index >= 15 is 0 Å². The van der Waals surface area contributed by atoms with Crippen LogP contribution < -0.4 is 5.32 Å². The fourth-order valence-electron chi connectivity index (χ4n) is 2.50. The van der Waals surface area contributed by atoms with Crippen LogP contribution in [0.3, 0.4) is 0 Å². The quantitative estimate of drug-likeness (QED) is 0.873. The van der Waals surface area contributed by atoms with Gasteiger partial charge in [-0.3, -0.25) is 14.3 Å².